The Labute approximate surface area is 121 Å². The summed E-state index contributed by atoms with van der Waals surface area (Å²) in [6.45, 7) is 12.9. The third kappa shape index (κ3) is 4.03. The lowest BCUT2D eigenvalue weighted by molar-refractivity contribution is 0.112. The summed E-state index contributed by atoms with van der Waals surface area (Å²) < 4.78 is 0. The van der Waals surface area contributed by atoms with E-state index in [4.69, 9.17) is 4.98 Å². The highest BCUT2D eigenvalue weighted by atomic mass is 32.1. The summed E-state index contributed by atoms with van der Waals surface area (Å²) in [6, 6.07) is 0.429. The lowest BCUT2D eigenvalue weighted by Gasteiger charge is -2.26. The minimum atomic E-state index is -0.0902. The van der Waals surface area contributed by atoms with Crippen LogP contribution in [-0.4, -0.2) is 24.4 Å². The van der Waals surface area contributed by atoms with Gasteiger partial charge in [-0.05, 0) is 19.3 Å². The van der Waals surface area contributed by atoms with Crippen LogP contribution in [0.25, 0.3) is 0 Å². The van der Waals surface area contributed by atoms with Crippen LogP contribution >= 0.6 is 11.3 Å². The summed E-state index contributed by atoms with van der Waals surface area (Å²) in [5, 5.41) is 0.945. The second-order valence-corrected chi connectivity index (χ2v) is 7.68. The van der Waals surface area contributed by atoms with Crippen molar-refractivity contribution in [3.8, 4) is 0 Å². The fraction of sp³-hybridized carbons (Fsp3) is 0.733. The molecule has 108 valence electrons. The zero-order chi connectivity index (χ0) is 14.8. The molecule has 19 heavy (non-hydrogen) atoms. The Kier molecular flexibility index (Phi) is 5.13. The Morgan fingerprint density at radius 2 is 1.89 bits per heavy atom. The van der Waals surface area contributed by atoms with Gasteiger partial charge in [0.05, 0.1) is 10.6 Å². The molecule has 0 saturated heterocycles. The first-order chi connectivity index (χ1) is 8.66. The predicted molar refractivity (Wildman–Crippen MR) is 83.5 cm³/mol. The van der Waals surface area contributed by atoms with Crippen LogP contribution in [0, 0.1) is 5.92 Å². The number of aromatic nitrogens is 1. The largest absolute Gasteiger partial charge is 0.348 e. The van der Waals surface area contributed by atoms with Gasteiger partial charge in [0.2, 0.25) is 0 Å². The topological polar surface area (TPSA) is 33.2 Å². The van der Waals surface area contributed by atoms with Crippen LogP contribution in [0.15, 0.2) is 0 Å². The van der Waals surface area contributed by atoms with Gasteiger partial charge in [-0.1, -0.05) is 46.0 Å². The zero-order valence-electron chi connectivity index (χ0n) is 13.2. The van der Waals surface area contributed by atoms with Crippen LogP contribution in [0.3, 0.4) is 0 Å². The van der Waals surface area contributed by atoms with E-state index in [2.05, 4.69) is 53.5 Å². The zero-order valence-corrected chi connectivity index (χ0v) is 14.0. The highest BCUT2D eigenvalue weighted by Gasteiger charge is 2.25. The number of aldehydes is 1. The molecule has 0 aromatic carbocycles. The number of hydrogen-bond donors (Lipinski definition) is 0. The van der Waals surface area contributed by atoms with E-state index >= 15 is 0 Å². The smallest absolute Gasteiger partial charge is 0.186 e. The first-order valence-electron chi connectivity index (χ1n) is 6.86. The van der Waals surface area contributed by atoms with Gasteiger partial charge in [0.25, 0.3) is 0 Å². The van der Waals surface area contributed by atoms with Crippen LogP contribution < -0.4 is 4.90 Å². The predicted octanol–water partition coefficient (Wildman–Crippen LogP) is 4.12. The van der Waals surface area contributed by atoms with Crippen molar-refractivity contribution in [1.29, 1.82) is 0 Å². The van der Waals surface area contributed by atoms with Crippen molar-refractivity contribution in [3.05, 3.63) is 10.6 Å². The molecule has 1 aromatic rings. The molecule has 0 spiro atoms. The molecule has 0 aliphatic heterocycles. The average molecular weight is 282 g/mol. The van der Waals surface area contributed by atoms with Gasteiger partial charge in [0.15, 0.2) is 11.4 Å². The molecule has 0 N–H and O–H groups in total. The first-order valence-corrected chi connectivity index (χ1v) is 7.67. The van der Waals surface area contributed by atoms with Crippen LogP contribution in [0.2, 0.25) is 0 Å². The van der Waals surface area contributed by atoms with E-state index in [-0.39, 0.29) is 5.41 Å². The van der Waals surface area contributed by atoms with Gasteiger partial charge >= 0.3 is 0 Å². The lowest BCUT2D eigenvalue weighted by atomic mass is 9.91. The molecule has 0 bridgehead atoms. The minimum Gasteiger partial charge on any atom is -0.348 e. The van der Waals surface area contributed by atoms with Crippen molar-refractivity contribution in [3.63, 3.8) is 0 Å². The van der Waals surface area contributed by atoms with Crippen molar-refractivity contribution < 1.29 is 4.79 Å². The van der Waals surface area contributed by atoms with Crippen molar-refractivity contribution in [1.82, 2.24) is 4.98 Å². The van der Waals surface area contributed by atoms with Crippen molar-refractivity contribution in [2.45, 2.75) is 59.4 Å². The van der Waals surface area contributed by atoms with E-state index in [1.54, 1.807) is 0 Å². The number of thiazole rings is 1. The first kappa shape index (κ1) is 16.2. The van der Waals surface area contributed by atoms with Crippen molar-refractivity contribution >= 4 is 22.8 Å². The van der Waals surface area contributed by atoms with E-state index in [1.165, 1.54) is 11.3 Å². The number of carbonyl (C=O) groups excluding carboxylic acids is 1. The van der Waals surface area contributed by atoms with Crippen molar-refractivity contribution in [2.24, 2.45) is 5.92 Å². The van der Waals surface area contributed by atoms with Gasteiger partial charge in [0.1, 0.15) is 0 Å². The molecule has 4 heteroatoms. The Morgan fingerprint density at radius 1 is 1.32 bits per heavy atom. The molecular formula is C15H26N2OS. The van der Waals surface area contributed by atoms with E-state index in [0.29, 0.717) is 12.0 Å². The molecule has 0 fully saturated rings. The lowest BCUT2D eigenvalue weighted by Crippen LogP contribution is -2.30. The summed E-state index contributed by atoms with van der Waals surface area (Å²) in [6.07, 6.45) is 2.06. The summed E-state index contributed by atoms with van der Waals surface area (Å²) in [7, 11) is 2.06. The van der Waals surface area contributed by atoms with Gasteiger partial charge in [-0.2, -0.15) is 0 Å². The Bertz CT molecular complexity index is 432. The second-order valence-electron chi connectivity index (χ2n) is 6.67. The number of anilines is 1. The number of hydrogen-bond acceptors (Lipinski definition) is 4. The van der Waals surface area contributed by atoms with Crippen LogP contribution in [0.1, 0.15) is 63.3 Å². The quantitative estimate of drug-likeness (QED) is 0.762. The summed E-state index contributed by atoms with van der Waals surface area (Å²) in [4.78, 5) is 18.8. The third-order valence-corrected chi connectivity index (χ3v) is 4.31. The van der Waals surface area contributed by atoms with E-state index in [9.17, 15) is 4.79 Å². The number of rotatable bonds is 5. The third-order valence-electron chi connectivity index (χ3n) is 3.23. The molecule has 0 saturated carbocycles. The maximum Gasteiger partial charge on any atom is 0.186 e. The van der Waals surface area contributed by atoms with E-state index < -0.39 is 0 Å². The van der Waals surface area contributed by atoms with Gasteiger partial charge in [-0.3, -0.25) is 4.79 Å². The van der Waals surface area contributed by atoms with Crippen LogP contribution in [-0.2, 0) is 5.41 Å². The minimum absolute atomic E-state index is 0.0902. The molecule has 0 amide bonds. The van der Waals surface area contributed by atoms with E-state index in [0.717, 1.165) is 28.4 Å². The highest BCUT2D eigenvalue weighted by molar-refractivity contribution is 7.17. The molecule has 0 aliphatic carbocycles. The second kappa shape index (κ2) is 6.04. The molecule has 1 unspecified atom stereocenters. The molecule has 1 atom stereocenters. The van der Waals surface area contributed by atoms with Crippen LogP contribution in [0.4, 0.5) is 5.13 Å². The Morgan fingerprint density at radius 3 is 2.26 bits per heavy atom. The normalized spacial score (nSPS) is 13.7. The Hall–Kier alpha value is -0.900. The summed E-state index contributed by atoms with van der Waals surface area (Å²) in [5.74, 6) is 0.657. The SMILES string of the molecule is CC(C)CC(C)N(C)c1nc(C(C)(C)C)c(C=O)s1. The average Bonchev–Trinajstić information content (AvgIpc) is 2.70. The standard InChI is InChI=1S/C15H26N2OS/c1-10(2)8-11(3)17(7)14-16-13(15(4,5)6)12(9-18)19-14/h9-11H,8H2,1-7H3. The molecule has 3 nitrogen and oxygen atoms in total. The van der Waals surface area contributed by atoms with Gasteiger partial charge in [-0.15, -0.1) is 0 Å². The maximum absolute atomic E-state index is 11.2. The fourth-order valence-electron chi connectivity index (χ4n) is 2.12. The monoisotopic (exact) mass is 282 g/mol. The molecule has 1 aromatic heterocycles. The highest BCUT2D eigenvalue weighted by Crippen LogP contribution is 2.33. The fourth-order valence-corrected chi connectivity index (χ4v) is 3.27. The molecule has 1 rings (SSSR count). The molecule has 1 heterocycles. The summed E-state index contributed by atoms with van der Waals surface area (Å²) in [5.41, 5.74) is 0.818. The summed E-state index contributed by atoms with van der Waals surface area (Å²) >= 11 is 1.50. The maximum atomic E-state index is 11.2. The number of nitrogens with zero attached hydrogens (tertiary/aromatic N) is 2. The molecule has 0 aliphatic rings. The van der Waals surface area contributed by atoms with Crippen molar-refractivity contribution in [2.75, 3.05) is 11.9 Å². The molecule has 0 radical (unpaired) electrons. The van der Waals surface area contributed by atoms with Gasteiger partial charge < -0.3 is 4.90 Å². The Balaban J connectivity index is 3.02. The van der Waals surface area contributed by atoms with Gasteiger partial charge in [-0.25, -0.2) is 4.98 Å². The molecular weight excluding hydrogens is 256 g/mol. The number of carbonyl (C=O) groups is 1. The van der Waals surface area contributed by atoms with E-state index in [1.807, 2.05) is 0 Å². The van der Waals surface area contributed by atoms with Gasteiger partial charge in [0, 0.05) is 18.5 Å². The van der Waals surface area contributed by atoms with Crippen LogP contribution in [0.5, 0.6) is 0 Å².